The molecule has 1 aromatic carbocycles. The minimum absolute atomic E-state index is 0.00468. The third-order valence-corrected chi connectivity index (χ3v) is 3.10. The summed E-state index contributed by atoms with van der Waals surface area (Å²) in [6.45, 7) is 0. The molecule has 0 radical (unpaired) electrons. The Morgan fingerprint density at radius 2 is 1.83 bits per heavy atom. The number of carbonyl (C=O) groups is 2. The van der Waals surface area contributed by atoms with E-state index in [1.165, 1.54) is 7.05 Å². The third-order valence-electron chi connectivity index (χ3n) is 2.40. The van der Waals surface area contributed by atoms with E-state index in [2.05, 4.69) is 4.40 Å². The van der Waals surface area contributed by atoms with Crippen molar-refractivity contribution in [2.24, 2.45) is 4.40 Å². The minimum atomic E-state index is -0.516. The highest BCUT2D eigenvalue weighted by atomic mass is 35.7. The van der Waals surface area contributed by atoms with Crippen molar-refractivity contribution in [3.63, 3.8) is 0 Å². The molecule has 0 aromatic heterocycles. The third kappa shape index (κ3) is 2.19. The SMILES string of the molecule is CN1C(=O)N(c2ccc(Cl)cc2)C(=O)C1=NSCl. The van der Waals surface area contributed by atoms with Gasteiger partial charge in [0.05, 0.1) is 16.8 Å². The Hall–Kier alpha value is -1.24. The molecule has 2 rings (SSSR count). The van der Waals surface area contributed by atoms with Gasteiger partial charge >= 0.3 is 11.9 Å². The molecule has 0 spiro atoms. The summed E-state index contributed by atoms with van der Waals surface area (Å²) in [5.41, 5.74) is 0.436. The number of urea groups is 1. The zero-order valence-corrected chi connectivity index (χ0v) is 11.5. The van der Waals surface area contributed by atoms with Gasteiger partial charge in [0.1, 0.15) is 0 Å². The Labute approximate surface area is 117 Å². The Kier molecular flexibility index (Phi) is 3.79. The topological polar surface area (TPSA) is 53.0 Å². The van der Waals surface area contributed by atoms with Gasteiger partial charge in [-0.2, -0.15) is 4.40 Å². The van der Waals surface area contributed by atoms with Crippen LogP contribution >= 0.6 is 33.4 Å². The Morgan fingerprint density at radius 3 is 2.39 bits per heavy atom. The van der Waals surface area contributed by atoms with Crippen LogP contribution in [0.25, 0.3) is 0 Å². The number of hydrogen-bond acceptors (Lipinski definition) is 4. The van der Waals surface area contributed by atoms with Crippen molar-refractivity contribution in [3.05, 3.63) is 29.3 Å². The number of likely N-dealkylation sites (N-methyl/N-ethyl adjacent to an activating group) is 1. The number of benzene rings is 1. The fourth-order valence-corrected chi connectivity index (χ4v) is 2.11. The lowest BCUT2D eigenvalue weighted by Crippen LogP contribution is -2.31. The summed E-state index contributed by atoms with van der Waals surface area (Å²) in [7, 11) is 6.84. The van der Waals surface area contributed by atoms with Crippen LogP contribution in [-0.2, 0) is 4.79 Å². The van der Waals surface area contributed by atoms with Gasteiger partial charge in [-0.1, -0.05) is 11.6 Å². The molecule has 1 aliphatic rings. The van der Waals surface area contributed by atoms with Crippen LogP contribution in [0.2, 0.25) is 5.02 Å². The van der Waals surface area contributed by atoms with Gasteiger partial charge in [0, 0.05) is 12.1 Å². The summed E-state index contributed by atoms with van der Waals surface area (Å²) >= 11 is 6.36. The summed E-state index contributed by atoms with van der Waals surface area (Å²) in [5, 5.41) is 0.524. The van der Waals surface area contributed by atoms with Crippen LogP contribution < -0.4 is 4.90 Å². The molecule has 0 bridgehead atoms. The fraction of sp³-hybridized carbons (Fsp3) is 0.100. The zero-order chi connectivity index (χ0) is 13.3. The summed E-state index contributed by atoms with van der Waals surface area (Å²) in [5.74, 6) is -0.520. The highest BCUT2D eigenvalue weighted by Crippen LogP contribution is 2.24. The molecule has 18 heavy (non-hydrogen) atoms. The largest absolute Gasteiger partial charge is 0.337 e. The fourth-order valence-electron chi connectivity index (χ4n) is 1.52. The molecule has 0 aliphatic carbocycles. The predicted octanol–water partition coefficient (Wildman–Crippen LogP) is 2.94. The van der Waals surface area contributed by atoms with Gasteiger partial charge < -0.3 is 0 Å². The molecular formula is C10H7Cl2N3O2S. The summed E-state index contributed by atoms with van der Waals surface area (Å²) in [4.78, 5) is 26.1. The van der Waals surface area contributed by atoms with E-state index in [0.29, 0.717) is 21.9 Å². The molecule has 1 aromatic rings. The lowest BCUT2D eigenvalue weighted by Gasteiger charge is -2.12. The molecule has 3 amide bonds. The van der Waals surface area contributed by atoms with Crippen molar-refractivity contribution in [1.82, 2.24) is 4.90 Å². The summed E-state index contributed by atoms with van der Waals surface area (Å²) in [6, 6.07) is 5.89. The second kappa shape index (κ2) is 5.17. The molecule has 1 fully saturated rings. The highest BCUT2D eigenvalue weighted by Gasteiger charge is 2.41. The minimum Gasteiger partial charge on any atom is -0.276 e. The first-order chi connectivity index (χ1) is 8.56. The average molecular weight is 304 g/mol. The van der Waals surface area contributed by atoms with Crippen LogP contribution in [0, 0.1) is 0 Å². The van der Waals surface area contributed by atoms with Crippen molar-refractivity contribution in [1.29, 1.82) is 0 Å². The maximum Gasteiger partial charge on any atom is 0.337 e. The van der Waals surface area contributed by atoms with E-state index < -0.39 is 11.9 Å². The molecule has 94 valence electrons. The van der Waals surface area contributed by atoms with Crippen LogP contribution in [0.3, 0.4) is 0 Å². The smallest absolute Gasteiger partial charge is 0.276 e. The normalized spacial score (nSPS) is 18.1. The van der Waals surface area contributed by atoms with Gasteiger partial charge in [0.15, 0.2) is 0 Å². The van der Waals surface area contributed by atoms with Gasteiger partial charge in [-0.25, -0.2) is 9.69 Å². The second-order valence-electron chi connectivity index (χ2n) is 3.44. The molecule has 8 heteroatoms. The number of amides is 3. The molecule has 0 unspecified atom stereocenters. The lowest BCUT2D eigenvalue weighted by atomic mass is 10.3. The average Bonchev–Trinajstić information content (AvgIpc) is 2.56. The number of hydrogen-bond donors (Lipinski definition) is 0. The number of amidine groups is 1. The van der Waals surface area contributed by atoms with Gasteiger partial charge in [-0.3, -0.25) is 9.69 Å². The standard InChI is InChI=1S/C10H7Cl2N3O2S/c1-14-8(13-18-12)9(16)15(10(14)17)7-4-2-6(11)3-5-7/h2-5H,1H3. The number of nitrogens with zero attached hydrogens (tertiary/aromatic N) is 3. The van der Waals surface area contributed by atoms with Crippen molar-refractivity contribution >= 4 is 56.9 Å². The predicted molar refractivity (Wildman–Crippen MR) is 73.0 cm³/mol. The Bertz CT molecular complexity index is 532. The Balaban J connectivity index is 2.40. The van der Waals surface area contributed by atoms with Crippen LogP contribution in [-0.4, -0.2) is 29.7 Å². The van der Waals surface area contributed by atoms with E-state index in [0.717, 1.165) is 9.80 Å². The quantitative estimate of drug-likeness (QED) is 0.623. The van der Waals surface area contributed by atoms with Crippen molar-refractivity contribution in [2.45, 2.75) is 0 Å². The van der Waals surface area contributed by atoms with Crippen molar-refractivity contribution in [2.75, 3.05) is 11.9 Å². The van der Waals surface area contributed by atoms with Gasteiger partial charge in [-0.15, -0.1) is 0 Å². The van der Waals surface area contributed by atoms with Gasteiger partial charge in [0.2, 0.25) is 5.84 Å². The maximum atomic E-state index is 12.0. The molecule has 5 nitrogen and oxygen atoms in total. The molecule has 0 atom stereocenters. The summed E-state index contributed by atoms with van der Waals surface area (Å²) < 4.78 is 3.72. The summed E-state index contributed by atoms with van der Waals surface area (Å²) in [6.07, 6.45) is 0. The first-order valence-electron chi connectivity index (χ1n) is 4.79. The monoisotopic (exact) mass is 303 g/mol. The number of halogens is 2. The number of rotatable bonds is 2. The van der Waals surface area contributed by atoms with Gasteiger partial charge in [0.25, 0.3) is 0 Å². The van der Waals surface area contributed by atoms with Crippen molar-refractivity contribution < 1.29 is 9.59 Å². The number of carbonyl (C=O) groups excluding carboxylic acids is 2. The van der Waals surface area contributed by atoms with E-state index in [-0.39, 0.29) is 5.84 Å². The van der Waals surface area contributed by atoms with E-state index in [9.17, 15) is 9.59 Å². The molecule has 1 heterocycles. The van der Waals surface area contributed by atoms with E-state index in [1.54, 1.807) is 24.3 Å². The number of anilines is 1. The Morgan fingerprint density at radius 1 is 1.22 bits per heavy atom. The first kappa shape index (κ1) is 13.2. The highest BCUT2D eigenvalue weighted by molar-refractivity contribution is 8.20. The van der Waals surface area contributed by atoms with Crippen LogP contribution in [0.5, 0.6) is 0 Å². The molecule has 0 saturated carbocycles. The van der Waals surface area contributed by atoms with E-state index >= 15 is 0 Å². The van der Waals surface area contributed by atoms with E-state index in [4.69, 9.17) is 22.3 Å². The number of imide groups is 1. The second-order valence-corrected chi connectivity index (χ2v) is 4.61. The molecule has 0 N–H and O–H groups in total. The molecular weight excluding hydrogens is 297 g/mol. The van der Waals surface area contributed by atoms with Crippen molar-refractivity contribution in [3.8, 4) is 0 Å². The van der Waals surface area contributed by atoms with Gasteiger partial charge in [-0.05, 0) is 34.9 Å². The van der Waals surface area contributed by atoms with Crippen LogP contribution in [0.15, 0.2) is 28.7 Å². The lowest BCUT2D eigenvalue weighted by molar-refractivity contribution is -0.111. The van der Waals surface area contributed by atoms with Crippen LogP contribution in [0.4, 0.5) is 10.5 Å². The first-order valence-corrected chi connectivity index (χ1v) is 6.77. The van der Waals surface area contributed by atoms with E-state index in [1.807, 2.05) is 0 Å². The molecule has 1 aliphatic heterocycles. The molecule has 1 saturated heterocycles. The van der Waals surface area contributed by atoms with Crippen LogP contribution in [0.1, 0.15) is 0 Å². The zero-order valence-electron chi connectivity index (χ0n) is 9.13. The maximum absolute atomic E-state index is 12.0.